The van der Waals surface area contributed by atoms with Gasteiger partial charge in [0, 0.05) is 6.61 Å². The highest BCUT2D eigenvalue weighted by molar-refractivity contribution is 9.10. The molecule has 1 unspecified atom stereocenters. The molecule has 0 spiro atoms. The molecule has 108 valence electrons. The van der Waals surface area contributed by atoms with Crippen molar-refractivity contribution < 1.29 is 4.74 Å². The Labute approximate surface area is 123 Å². The quantitative estimate of drug-likeness (QED) is 0.897. The van der Waals surface area contributed by atoms with Crippen LogP contribution in [0.15, 0.2) is 9.27 Å². The highest BCUT2D eigenvalue weighted by Gasteiger charge is 2.29. The van der Waals surface area contributed by atoms with E-state index < -0.39 is 0 Å². The molecule has 1 aromatic heterocycles. The minimum absolute atomic E-state index is 0.122. The van der Waals surface area contributed by atoms with Crippen LogP contribution in [0.2, 0.25) is 0 Å². The number of aromatic nitrogens is 2. The molecule has 1 rings (SSSR count). The van der Waals surface area contributed by atoms with Gasteiger partial charge in [-0.05, 0) is 34.7 Å². The summed E-state index contributed by atoms with van der Waals surface area (Å²) in [5.74, 6) is 0.617. The van der Waals surface area contributed by atoms with Crippen molar-refractivity contribution in [2.24, 2.45) is 5.41 Å². The summed E-state index contributed by atoms with van der Waals surface area (Å²) in [6, 6.07) is 0. The van der Waals surface area contributed by atoms with Crippen molar-refractivity contribution in [1.29, 1.82) is 0 Å². The van der Waals surface area contributed by atoms with Crippen LogP contribution in [-0.4, -0.2) is 16.6 Å². The first-order chi connectivity index (χ1) is 8.81. The van der Waals surface area contributed by atoms with Crippen molar-refractivity contribution in [2.45, 2.75) is 53.6 Å². The van der Waals surface area contributed by atoms with Crippen LogP contribution in [0.1, 0.15) is 58.7 Å². The molecule has 1 N–H and O–H groups in total. The second kappa shape index (κ2) is 6.66. The van der Waals surface area contributed by atoms with Gasteiger partial charge in [-0.3, -0.25) is 4.79 Å². The number of hydrogen-bond acceptors (Lipinski definition) is 3. The number of ether oxygens (including phenoxy) is 1. The molecule has 1 atom stereocenters. The van der Waals surface area contributed by atoms with Crippen molar-refractivity contribution >= 4 is 15.9 Å². The summed E-state index contributed by atoms with van der Waals surface area (Å²) in [6.07, 6.45) is 1.51. The maximum atomic E-state index is 12.0. The Balaban J connectivity index is 3.28. The van der Waals surface area contributed by atoms with E-state index in [2.05, 4.69) is 53.6 Å². The zero-order chi connectivity index (χ0) is 14.6. The van der Waals surface area contributed by atoms with Crippen molar-refractivity contribution in [3.05, 3.63) is 26.3 Å². The van der Waals surface area contributed by atoms with E-state index in [1.807, 2.05) is 6.92 Å². The lowest BCUT2D eigenvalue weighted by Crippen LogP contribution is -2.27. The Bertz CT molecular complexity index is 477. The summed E-state index contributed by atoms with van der Waals surface area (Å²) >= 11 is 3.31. The van der Waals surface area contributed by atoms with E-state index in [0.29, 0.717) is 16.9 Å². The summed E-state index contributed by atoms with van der Waals surface area (Å²) in [4.78, 5) is 19.4. The van der Waals surface area contributed by atoms with Crippen LogP contribution in [0.25, 0.3) is 0 Å². The van der Waals surface area contributed by atoms with Gasteiger partial charge in [-0.2, -0.15) is 0 Å². The lowest BCUT2D eigenvalue weighted by atomic mass is 9.88. The molecule has 0 saturated carbocycles. The molecule has 0 amide bonds. The largest absolute Gasteiger partial charge is 0.370 e. The number of H-pyrrole nitrogens is 1. The molecule has 0 saturated heterocycles. The van der Waals surface area contributed by atoms with E-state index in [4.69, 9.17) is 4.74 Å². The average Bonchev–Trinajstić information content (AvgIpc) is 2.30. The lowest BCUT2D eigenvalue weighted by molar-refractivity contribution is -0.0194. The molecular weight excluding hydrogens is 308 g/mol. The third-order valence-electron chi connectivity index (χ3n) is 2.80. The number of aryl methyl sites for hydroxylation is 1. The molecule has 0 fully saturated rings. The van der Waals surface area contributed by atoms with Gasteiger partial charge in [0.25, 0.3) is 5.56 Å². The van der Waals surface area contributed by atoms with Crippen LogP contribution < -0.4 is 5.56 Å². The van der Waals surface area contributed by atoms with Crippen molar-refractivity contribution in [3.8, 4) is 0 Å². The highest BCUT2D eigenvalue weighted by Crippen LogP contribution is 2.34. The minimum Gasteiger partial charge on any atom is -0.370 e. The molecule has 0 radical (unpaired) electrons. The van der Waals surface area contributed by atoms with Crippen LogP contribution >= 0.6 is 15.9 Å². The van der Waals surface area contributed by atoms with Gasteiger partial charge in [-0.15, -0.1) is 0 Å². The monoisotopic (exact) mass is 330 g/mol. The fourth-order valence-corrected chi connectivity index (χ4v) is 2.34. The predicted octanol–water partition coefficient (Wildman–Crippen LogP) is 3.61. The standard InChI is InChI=1S/C14H23BrN2O2/c1-6-8-9-10(15)13(18)17-12(16-9)11(19-7-2)14(3,4)5/h11H,6-8H2,1-5H3,(H,16,17,18). The molecule has 0 aliphatic rings. The van der Waals surface area contributed by atoms with E-state index in [0.717, 1.165) is 18.5 Å². The average molecular weight is 331 g/mol. The first-order valence-electron chi connectivity index (χ1n) is 6.71. The van der Waals surface area contributed by atoms with Crippen LogP contribution in [0.4, 0.5) is 0 Å². The number of rotatable bonds is 5. The van der Waals surface area contributed by atoms with Gasteiger partial charge < -0.3 is 9.72 Å². The Morgan fingerprint density at radius 1 is 1.37 bits per heavy atom. The molecule has 19 heavy (non-hydrogen) atoms. The smallest absolute Gasteiger partial charge is 0.265 e. The Morgan fingerprint density at radius 3 is 2.47 bits per heavy atom. The maximum Gasteiger partial charge on any atom is 0.265 e. The molecule has 0 aliphatic heterocycles. The Hall–Kier alpha value is -0.680. The van der Waals surface area contributed by atoms with Crippen LogP contribution in [-0.2, 0) is 11.2 Å². The third-order valence-corrected chi connectivity index (χ3v) is 3.62. The van der Waals surface area contributed by atoms with Gasteiger partial charge in [-0.1, -0.05) is 34.1 Å². The van der Waals surface area contributed by atoms with Gasteiger partial charge in [-0.25, -0.2) is 4.98 Å². The van der Waals surface area contributed by atoms with Crippen molar-refractivity contribution in [1.82, 2.24) is 9.97 Å². The molecule has 5 heteroatoms. The second-order valence-electron chi connectivity index (χ2n) is 5.66. The molecule has 4 nitrogen and oxygen atoms in total. The molecule has 0 bridgehead atoms. The van der Waals surface area contributed by atoms with Gasteiger partial charge >= 0.3 is 0 Å². The van der Waals surface area contributed by atoms with Gasteiger partial charge in [0.15, 0.2) is 0 Å². The number of nitrogens with one attached hydrogen (secondary N) is 1. The zero-order valence-electron chi connectivity index (χ0n) is 12.3. The van der Waals surface area contributed by atoms with Crippen molar-refractivity contribution in [3.63, 3.8) is 0 Å². The summed E-state index contributed by atoms with van der Waals surface area (Å²) in [5, 5.41) is 0. The van der Waals surface area contributed by atoms with Crippen LogP contribution in [0.5, 0.6) is 0 Å². The Morgan fingerprint density at radius 2 is 2.00 bits per heavy atom. The van der Waals surface area contributed by atoms with Gasteiger partial charge in [0.05, 0.1) is 5.69 Å². The molecular formula is C14H23BrN2O2. The predicted molar refractivity (Wildman–Crippen MR) is 80.4 cm³/mol. The van der Waals surface area contributed by atoms with Crippen molar-refractivity contribution in [2.75, 3.05) is 6.61 Å². The number of halogens is 1. The summed E-state index contributed by atoms with van der Waals surface area (Å²) < 4.78 is 6.30. The van der Waals surface area contributed by atoms with E-state index >= 15 is 0 Å². The third kappa shape index (κ3) is 4.14. The van der Waals surface area contributed by atoms with Crippen LogP contribution in [0.3, 0.4) is 0 Å². The first kappa shape index (κ1) is 16.4. The van der Waals surface area contributed by atoms with E-state index in [1.54, 1.807) is 0 Å². The van der Waals surface area contributed by atoms with Crippen LogP contribution in [0, 0.1) is 5.41 Å². The molecule has 1 heterocycles. The number of aromatic amines is 1. The fourth-order valence-electron chi connectivity index (χ4n) is 1.96. The van der Waals surface area contributed by atoms with E-state index in [-0.39, 0.29) is 17.1 Å². The summed E-state index contributed by atoms with van der Waals surface area (Å²) in [6.45, 7) is 10.8. The summed E-state index contributed by atoms with van der Waals surface area (Å²) in [5.41, 5.74) is 0.543. The maximum absolute atomic E-state index is 12.0. The molecule has 1 aromatic rings. The number of nitrogens with zero attached hydrogens (tertiary/aromatic N) is 1. The minimum atomic E-state index is -0.214. The fraction of sp³-hybridized carbons (Fsp3) is 0.714. The van der Waals surface area contributed by atoms with E-state index in [1.165, 1.54) is 0 Å². The molecule has 0 aliphatic carbocycles. The highest BCUT2D eigenvalue weighted by atomic mass is 79.9. The lowest BCUT2D eigenvalue weighted by Gasteiger charge is -2.29. The molecule has 0 aromatic carbocycles. The second-order valence-corrected chi connectivity index (χ2v) is 6.46. The Kier molecular flexibility index (Phi) is 5.74. The summed E-state index contributed by atoms with van der Waals surface area (Å²) in [7, 11) is 0. The number of hydrogen-bond donors (Lipinski definition) is 1. The topological polar surface area (TPSA) is 55.0 Å². The van der Waals surface area contributed by atoms with Gasteiger partial charge in [0.2, 0.25) is 0 Å². The zero-order valence-corrected chi connectivity index (χ0v) is 13.9. The van der Waals surface area contributed by atoms with Gasteiger partial charge in [0.1, 0.15) is 16.4 Å². The first-order valence-corrected chi connectivity index (χ1v) is 7.50. The van der Waals surface area contributed by atoms with E-state index in [9.17, 15) is 4.79 Å². The SMILES string of the molecule is CCCc1nc(C(OCC)C(C)(C)C)[nH]c(=O)c1Br. The normalized spacial score (nSPS) is 13.6.